The molecule has 2 aliphatic rings. The van der Waals surface area contributed by atoms with Crippen molar-refractivity contribution in [3.05, 3.63) is 29.6 Å². The van der Waals surface area contributed by atoms with Gasteiger partial charge in [-0.3, -0.25) is 9.88 Å². The molecule has 0 aromatic carbocycles. The van der Waals surface area contributed by atoms with Gasteiger partial charge in [-0.1, -0.05) is 6.92 Å². The lowest BCUT2D eigenvalue weighted by atomic mass is 9.83. The largest absolute Gasteiger partial charge is 0.478 e. The minimum Gasteiger partial charge on any atom is -0.478 e. The molecule has 3 rings (SSSR count). The Kier molecular flexibility index (Phi) is 3.26. The summed E-state index contributed by atoms with van der Waals surface area (Å²) >= 11 is 0. The maximum Gasteiger partial charge on any atom is 0.337 e. The number of fused-ring (bicyclic) bond motifs is 1. The Hall–Kier alpha value is -1.46. The van der Waals surface area contributed by atoms with Crippen LogP contribution in [0, 0.1) is 11.3 Å². The average Bonchev–Trinajstić information content (AvgIpc) is 2.79. The summed E-state index contributed by atoms with van der Waals surface area (Å²) in [6, 6.07) is 3.46. The number of carboxylic acid groups (broad SMARTS) is 1. The molecule has 1 aromatic heterocycles. The molecule has 0 amide bonds. The fraction of sp³-hybridized carbons (Fsp3) is 0.600. The molecule has 2 atom stereocenters. The molecule has 0 spiro atoms. The zero-order chi connectivity index (χ0) is 14.3. The van der Waals surface area contributed by atoms with Gasteiger partial charge in [0.05, 0.1) is 11.3 Å². The van der Waals surface area contributed by atoms with Gasteiger partial charge in [-0.2, -0.15) is 0 Å². The number of pyridine rings is 1. The lowest BCUT2D eigenvalue weighted by Gasteiger charge is -2.23. The van der Waals surface area contributed by atoms with Gasteiger partial charge < -0.3 is 10.0 Å². The van der Waals surface area contributed by atoms with Crippen molar-refractivity contribution < 1.29 is 9.90 Å². The standard InChI is InChI=1S/C15H21N3O2/c1-15-9-17(2)6-12(15)7-18(10-15)8-13-4-3-11(5-16-13)14(19)20/h3-5,12H,6-10H2,1-2H3,(H,19,20)/t12-,15+/m1/s1. The zero-order valence-electron chi connectivity index (χ0n) is 12.0. The van der Waals surface area contributed by atoms with Crippen molar-refractivity contribution in [2.75, 3.05) is 33.2 Å². The van der Waals surface area contributed by atoms with Gasteiger partial charge >= 0.3 is 5.97 Å². The predicted octanol–water partition coefficient (Wildman–Crippen LogP) is 1.16. The number of nitrogens with zero attached hydrogens (tertiary/aromatic N) is 3. The van der Waals surface area contributed by atoms with E-state index in [2.05, 4.69) is 28.8 Å². The fourth-order valence-corrected chi connectivity index (χ4v) is 3.75. The monoisotopic (exact) mass is 275 g/mol. The number of rotatable bonds is 3. The van der Waals surface area contributed by atoms with Crippen molar-refractivity contribution in [3.8, 4) is 0 Å². The number of likely N-dealkylation sites (tertiary alicyclic amines) is 2. The molecule has 5 heteroatoms. The van der Waals surface area contributed by atoms with Crippen LogP contribution in [0.3, 0.4) is 0 Å². The summed E-state index contributed by atoms with van der Waals surface area (Å²) in [5.41, 5.74) is 1.60. The lowest BCUT2D eigenvalue weighted by molar-refractivity contribution is 0.0696. The molecule has 1 N–H and O–H groups in total. The Morgan fingerprint density at radius 3 is 2.85 bits per heavy atom. The van der Waals surface area contributed by atoms with Crippen LogP contribution in [0.2, 0.25) is 0 Å². The number of aromatic nitrogens is 1. The van der Waals surface area contributed by atoms with E-state index in [9.17, 15) is 4.79 Å². The predicted molar refractivity (Wildman–Crippen MR) is 75.6 cm³/mol. The Balaban J connectivity index is 1.64. The molecule has 2 saturated heterocycles. The third-order valence-electron chi connectivity index (χ3n) is 4.67. The van der Waals surface area contributed by atoms with E-state index >= 15 is 0 Å². The van der Waals surface area contributed by atoms with Gasteiger partial charge in [-0.25, -0.2) is 4.79 Å². The van der Waals surface area contributed by atoms with E-state index in [1.54, 1.807) is 6.07 Å². The minimum atomic E-state index is -0.921. The molecule has 0 unspecified atom stereocenters. The molecule has 5 nitrogen and oxygen atoms in total. The third kappa shape index (κ3) is 2.43. The SMILES string of the molecule is CN1C[C@@H]2CN(Cc3ccc(C(=O)O)cn3)C[C@]2(C)C1. The van der Waals surface area contributed by atoms with Crippen molar-refractivity contribution in [1.82, 2.24) is 14.8 Å². The van der Waals surface area contributed by atoms with E-state index in [0.29, 0.717) is 5.41 Å². The summed E-state index contributed by atoms with van der Waals surface area (Å²) in [6.07, 6.45) is 1.45. The smallest absolute Gasteiger partial charge is 0.337 e. The summed E-state index contributed by atoms with van der Waals surface area (Å²) in [6.45, 7) is 7.75. The first kappa shape index (κ1) is 13.5. The van der Waals surface area contributed by atoms with E-state index in [-0.39, 0.29) is 5.56 Å². The normalized spacial score (nSPS) is 30.6. The Morgan fingerprint density at radius 1 is 1.45 bits per heavy atom. The van der Waals surface area contributed by atoms with Crippen LogP contribution in [-0.2, 0) is 6.54 Å². The first-order valence-corrected chi connectivity index (χ1v) is 7.05. The van der Waals surface area contributed by atoms with E-state index in [0.717, 1.165) is 31.2 Å². The number of carboxylic acids is 1. The van der Waals surface area contributed by atoms with Crippen LogP contribution in [0.5, 0.6) is 0 Å². The third-order valence-corrected chi connectivity index (χ3v) is 4.67. The van der Waals surface area contributed by atoms with Gasteiger partial charge in [-0.15, -0.1) is 0 Å². The number of hydrogen-bond acceptors (Lipinski definition) is 4. The number of hydrogen-bond donors (Lipinski definition) is 1. The highest BCUT2D eigenvalue weighted by molar-refractivity contribution is 5.87. The van der Waals surface area contributed by atoms with Gasteiger partial charge in [0, 0.05) is 38.9 Å². The summed E-state index contributed by atoms with van der Waals surface area (Å²) in [5, 5.41) is 8.87. The molecule has 2 aliphatic heterocycles. The number of carbonyl (C=O) groups is 1. The van der Waals surface area contributed by atoms with Crippen LogP contribution in [0.15, 0.2) is 18.3 Å². The van der Waals surface area contributed by atoms with Crippen molar-refractivity contribution in [2.24, 2.45) is 11.3 Å². The van der Waals surface area contributed by atoms with Gasteiger partial charge in [0.2, 0.25) is 0 Å². The van der Waals surface area contributed by atoms with Crippen LogP contribution in [0.1, 0.15) is 23.0 Å². The molecule has 0 saturated carbocycles. The maximum absolute atomic E-state index is 10.8. The molecule has 20 heavy (non-hydrogen) atoms. The van der Waals surface area contributed by atoms with E-state index in [4.69, 9.17) is 5.11 Å². The zero-order valence-corrected chi connectivity index (χ0v) is 12.0. The second kappa shape index (κ2) is 4.82. The molecular weight excluding hydrogens is 254 g/mol. The average molecular weight is 275 g/mol. The topological polar surface area (TPSA) is 56.7 Å². The second-order valence-corrected chi connectivity index (χ2v) is 6.56. The van der Waals surface area contributed by atoms with Crippen molar-refractivity contribution in [3.63, 3.8) is 0 Å². The molecule has 3 heterocycles. The van der Waals surface area contributed by atoms with E-state index in [1.165, 1.54) is 19.3 Å². The fourth-order valence-electron chi connectivity index (χ4n) is 3.75. The molecule has 0 bridgehead atoms. The maximum atomic E-state index is 10.8. The highest BCUT2D eigenvalue weighted by Gasteiger charge is 2.47. The van der Waals surface area contributed by atoms with Gasteiger partial charge in [0.15, 0.2) is 0 Å². The molecule has 2 fully saturated rings. The first-order valence-electron chi connectivity index (χ1n) is 7.05. The van der Waals surface area contributed by atoms with Crippen LogP contribution < -0.4 is 0 Å². The van der Waals surface area contributed by atoms with Crippen LogP contribution >= 0.6 is 0 Å². The second-order valence-electron chi connectivity index (χ2n) is 6.56. The summed E-state index contributed by atoms with van der Waals surface area (Å²) in [5.74, 6) is -0.180. The molecule has 108 valence electrons. The molecule has 0 aliphatic carbocycles. The van der Waals surface area contributed by atoms with Crippen LogP contribution in [-0.4, -0.2) is 59.1 Å². The van der Waals surface area contributed by atoms with Gasteiger partial charge in [0.25, 0.3) is 0 Å². The molecule has 0 radical (unpaired) electrons. The molecular formula is C15H21N3O2. The van der Waals surface area contributed by atoms with Crippen LogP contribution in [0.25, 0.3) is 0 Å². The minimum absolute atomic E-state index is 0.251. The molecule has 1 aromatic rings. The van der Waals surface area contributed by atoms with Gasteiger partial charge in [0.1, 0.15) is 0 Å². The van der Waals surface area contributed by atoms with Gasteiger partial charge in [-0.05, 0) is 30.5 Å². The quantitative estimate of drug-likeness (QED) is 0.897. The first-order chi connectivity index (χ1) is 9.46. The number of aromatic carboxylic acids is 1. The highest BCUT2D eigenvalue weighted by atomic mass is 16.4. The Labute approximate surface area is 119 Å². The Morgan fingerprint density at radius 2 is 2.25 bits per heavy atom. The van der Waals surface area contributed by atoms with E-state index in [1.807, 2.05) is 6.07 Å². The van der Waals surface area contributed by atoms with Crippen LogP contribution in [0.4, 0.5) is 0 Å². The summed E-state index contributed by atoms with van der Waals surface area (Å²) < 4.78 is 0. The Bertz CT molecular complexity index is 516. The van der Waals surface area contributed by atoms with E-state index < -0.39 is 5.97 Å². The highest BCUT2D eigenvalue weighted by Crippen LogP contribution is 2.41. The van der Waals surface area contributed by atoms with Crippen molar-refractivity contribution in [2.45, 2.75) is 13.5 Å². The van der Waals surface area contributed by atoms with Crippen molar-refractivity contribution in [1.29, 1.82) is 0 Å². The van der Waals surface area contributed by atoms with Crippen molar-refractivity contribution >= 4 is 5.97 Å². The lowest BCUT2D eigenvalue weighted by Crippen LogP contribution is -2.30. The summed E-state index contributed by atoms with van der Waals surface area (Å²) in [7, 11) is 2.19. The summed E-state index contributed by atoms with van der Waals surface area (Å²) in [4.78, 5) is 19.9.